The summed E-state index contributed by atoms with van der Waals surface area (Å²) in [6, 6.07) is 15.5. The molecule has 0 aliphatic rings. The highest BCUT2D eigenvalue weighted by atomic mass is 35.5. The van der Waals surface area contributed by atoms with Gasteiger partial charge >= 0.3 is 0 Å². The SMILES string of the molecule is CN(C(N)=Nc1cccc2ccccc12)c1c(F)ccc(Cl)c1F. The molecule has 6 heteroatoms. The predicted molar refractivity (Wildman–Crippen MR) is 95.0 cm³/mol. The third-order valence-electron chi connectivity index (χ3n) is 3.70. The zero-order valence-electron chi connectivity index (χ0n) is 12.8. The summed E-state index contributed by atoms with van der Waals surface area (Å²) in [7, 11) is 1.43. The van der Waals surface area contributed by atoms with Gasteiger partial charge in [0.15, 0.2) is 5.82 Å². The van der Waals surface area contributed by atoms with Gasteiger partial charge in [0.2, 0.25) is 5.96 Å². The van der Waals surface area contributed by atoms with E-state index in [1.807, 2.05) is 36.4 Å². The number of benzene rings is 3. The lowest BCUT2D eigenvalue weighted by Gasteiger charge is -2.20. The van der Waals surface area contributed by atoms with E-state index in [1.54, 1.807) is 6.07 Å². The van der Waals surface area contributed by atoms with Crippen molar-refractivity contribution < 1.29 is 8.78 Å². The Balaban J connectivity index is 2.06. The Bertz CT molecular complexity index is 935. The van der Waals surface area contributed by atoms with E-state index in [1.165, 1.54) is 7.05 Å². The quantitative estimate of drug-likeness (QED) is 0.409. The first-order valence-electron chi connectivity index (χ1n) is 7.18. The lowest BCUT2D eigenvalue weighted by Crippen LogP contribution is -2.35. The van der Waals surface area contributed by atoms with Crippen molar-refractivity contribution >= 4 is 39.7 Å². The molecule has 0 aliphatic carbocycles. The van der Waals surface area contributed by atoms with Crippen LogP contribution in [0.25, 0.3) is 10.8 Å². The van der Waals surface area contributed by atoms with Crippen molar-refractivity contribution in [3.8, 4) is 0 Å². The summed E-state index contributed by atoms with van der Waals surface area (Å²) >= 11 is 5.72. The van der Waals surface area contributed by atoms with Crippen LogP contribution in [0.4, 0.5) is 20.2 Å². The van der Waals surface area contributed by atoms with Gasteiger partial charge in [-0.25, -0.2) is 13.8 Å². The highest BCUT2D eigenvalue weighted by Gasteiger charge is 2.19. The standard InChI is InChI=1S/C18H14ClF2N3/c1-24(17-14(20)10-9-13(19)16(17)21)18(22)23-15-8-4-6-11-5-2-3-7-12(11)15/h2-10H,1H3,(H2,22,23). The van der Waals surface area contributed by atoms with Crippen LogP contribution < -0.4 is 10.6 Å². The van der Waals surface area contributed by atoms with Crippen LogP contribution >= 0.6 is 11.6 Å². The van der Waals surface area contributed by atoms with Gasteiger partial charge in [-0.2, -0.15) is 0 Å². The topological polar surface area (TPSA) is 41.6 Å². The van der Waals surface area contributed by atoms with Crippen molar-refractivity contribution in [2.45, 2.75) is 0 Å². The van der Waals surface area contributed by atoms with Gasteiger partial charge in [-0.15, -0.1) is 0 Å². The Morgan fingerprint density at radius 2 is 1.75 bits per heavy atom. The van der Waals surface area contributed by atoms with Crippen molar-refractivity contribution in [1.29, 1.82) is 0 Å². The number of halogens is 3. The number of anilines is 1. The molecule has 0 unspecified atom stereocenters. The van der Waals surface area contributed by atoms with Gasteiger partial charge in [0.1, 0.15) is 11.5 Å². The Kier molecular flexibility index (Phi) is 4.36. The van der Waals surface area contributed by atoms with E-state index in [2.05, 4.69) is 4.99 Å². The minimum Gasteiger partial charge on any atom is -0.369 e. The first-order chi connectivity index (χ1) is 11.5. The largest absolute Gasteiger partial charge is 0.369 e. The molecule has 2 N–H and O–H groups in total. The average molecular weight is 346 g/mol. The summed E-state index contributed by atoms with van der Waals surface area (Å²) in [5.74, 6) is -1.70. The molecule has 0 bridgehead atoms. The zero-order chi connectivity index (χ0) is 17.3. The number of fused-ring (bicyclic) bond motifs is 1. The molecule has 3 nitrogen and oxygen atoms in total. The second-order valence-electron chi connectivity index (χ2n) is 5.22. The summed E-state index contributed by atoms with van der Waals surface area (Å²) in [4.78, 5) is 5.46. The number of aliphatic imine (C=N–C) groups is 1. The number of hydrogen-bond donors (Lipinski definition) is 1. The van der Waals surface area contributed by atoms with Crippen molar-refractivity contribution in [2.24, 2.45) is 10.7 Å². The molecule has 3 aromatic carbocycles. The van der Waals surface area contributed by atoms with Crippen molar-refractivity contribution in [2.75, 3.05) is 11.9 Å². The van der Waals surface area contributed by atoms with Crippen LogP contribution in [0.3, 0.4) is 0 Å². The van der Waals surface area contributed by atoms with Gasteiger partial charge in [-0.3, -0.25) is 0 Å². The molecule has 0 atom stereocenters. The normalized spacial score (nSPS) is 11.8. The minimum atomic E-state index is -0.879. The van der Waals surface area contributed by atoms with Gasteiger partial charge in [0.25, 0.3) is 0 Å². The number of rotatable bonds is 2. The fourth-order valence-corrected chi connectivity index (χ4v) is 2.60. The molecule has 0 fully saturated rings. The Morgan fingerprint density at radius 1 is 1.04 bits per heavy atom. The first kappa shape index (κ1) is 16.2. The summed E-state index contributed by atoms with van der Waals surface area (Å²) in [6.07, 6.45) is 0. The maximum atomic E-state index is 14.1. The molecule has 0 spiro atoms. The number of hydrogen-bond acceptors (Lipinski definition) is 1. The summed E-state index contributed by atoms with van der Waals surface area (Å²) in [5.41, 5.74) is 6.23. The van der Waals surface area contributed by atoms with Crippen molar-refractivity contribution in [1.82, 2.24) is 0 Å². The molecule has 122 valence electrons. The number of nitrogens with two attached hydrogens (primary N) is 1. The molecule has 0 aliphatic heterocycles. The van der Waals surface area contributed by atoms with Gasteiger partial charge in [0.05, 0.1) is 10.7 Å². The van der Waals surface area contributed by atoms with E-state index in [-0.39, 0.29) is 16.7 Å². The highest BCUT2D eigenvalue weighted by Crippen LogP contribution is 2.29. The zero-order valence-corrected chi connectivity index (χ0v) is 13.6. The third-order valence-corrected chi connectivity index (χ3v) is 3.99. The molecule has 3 aromatic rings. The van der Waals surface area contributed by atoms with Crippen molar-refractivity contribution in [3.63, 3.8) is 0 Å². The number of guanidine groups is 1. The minimum absolute atomic E-state index is 0.0496. The maximum Gasteiger partial charge on any atom is 0.200 e. The molecule has 0 amide bonds. The molecule has 24 heavy (non-hydrogen) atoms. The van der Waals surface area contributed by atoms with Crippen LogP contribution in [0.15, 0.2) is 59.6 Å². The molecule has 0 saturated heterocycles. The highest BCUT2D eigenvalue weighted by molar-refractivity contribution is 6.31. The maximum absolute atomic E-state index is 14.1. The van der Waals surface area contributed by atoms with Crippen molar-refractivity contribution in [3.05, 3.63) is 71.3 Å². The van der Waals surface area contributed by atoms with Gasteiger partial charge in [-0.05, 0) is 23.6 Å². The van der Waals surface area contributed by atoms with Gasteiger partial charge < -0.3 is 10.6 Å². The molecule has 0 saturated carbocycles. The second kappa shape index (κ2) is 6.45. The van der Waals surface area contributed by atoms with E-state index in [4.69, 9.17) is 17.3 Å². The smallest absolute Gasteiger partial charge is 0.200 e. The van der Waals surface area contributed by atoms with E-state index < -0.39 is 11.6 Å². The summed E-state index contributed by atoms with van der Waals surface area (Å²) in [6.45, 7) is 0. The molecule has 3 rings (SSSR count). The molecule has 0 radical (unpaired) electrons. The third kappa shape index (κ3) is 2.90. The van der Waals surface area contributed by atoms with Crippen LogP contribution in [0, 0.1) is 11.6 Å². The Morgan fingerprint density at radius 3 is 2.54 bits per heavy atom. The first-order valence-corrected chi connectivity index (χ1v) is 7.56. The van der Waals surface area contributed by atoms with Crippen LogP contribution in [0.2, 0.25) is 5.02 Å². The van der Waals surface area contributed by atoms with E-state index >= 15 is 0 Å². The molecular formula is C18H14ClF2N3. The molecule has 0 aromatic heterocycles. The number of nitrogens with zero attached hydrogens (tertiary/aromatic N) is 2. The summed E-state index contributed by atoms with van der Waals surface area (Å²) in [5, 5.41) is 1.70. The fourth-order valence-electron chi connectivity index (χ4n) is 2.44. The van der Waals surface area contributed by atoms with Crippen LogP contribution in [-0.4, -0.2) is 13.0 Å². The molecular weight excluding hydrogens is 332 g/mol. The Hall–Kier alpha value is -2.66. The second-order valence-corrected chi connectivity index (χ2v) is 5.63. The van der Waals surface area contributed by atoms with Crippen LogP contribution in [-0.2, 0) is 0 Å². The predicted octanol–water partition coefficient (Wildman–Crippen LogP) is 4.85. The Labute approximate surface area is 143 Å². The van der Waals surface area contributed by atoms with E-state index in [0.29, 0.717) is 5.69 Å². The van der Waals surface area contributed by atoms with Gasteiger partial charge in [-0.1, -0.05) is 48.0 Å². The molecule has 0 heterocycles. The van der Waals surface area contributed by atoms with E-state index in [0.717, 1.165) is 27.8 Å². The summed E-state index contributed by atoms with van der Waals surface area (Å²) < 4.78 is 28.1. The lowest BCUT2D eigenvalue weighted by atomic mass is 10.1. The van der Waals surface area contributed by atoms with Gasteiger partial charge in [0, 0.05) is 12.4 Å². The fraction of sp³-hybridized carbons (Fsp3) is 0.0556. The average Bonchev–Trinajstić information content (AvgIpc) is 2.58. The van der Waals surface area contributed by atoms with Crippen LogP contribution in [0.5, 0.6) is 0 Å². The van der Waals surface area contributed by atoms with Crippen LogP contribution in [0.1, 0.15) is 0 Å². The monoisotopic (exact) mass is 345 g/mol. The lowest BCUT2D eigenvalue weighted by molar-refractivity contribution is 0.585. The van der Waals surface area contributed by atoms with E-state index in [9.17, 15) is 8.78 Å².